The summed E-state index contributed by atoms with van der Waals surface area (Å²) in [6, 6.07) is 5.20. The first-order valence-corrected chi connectivity index (χ1v) is 11.4. The minimum Gasteiger partial charge on any atom is -0.504 e. The van der Waals surface area contributed by atoms with Crippen LogP contribution in [-0.2, 0) is 16.0 Å². The quantitative estimate of drug-likeness (QED) is 0.246. The van der Waals surface area contributed by atoms with Gasteiger partial charge in [0.25, 0.3) is 0 Å². The largest absolute Gasteiger partial charge is 0.504 e. The first-order valence-electron chi connectivity index (χ1n) is 11.4. The molecule has 0 aromatic heterocycles. The van der Waals surface area contributed by atoms with Gasteiger partial charge < -0.3 is 30.7 Å². The lowest BCUT2D eigenvalue weighted by Gasteiger charge is -2.37. The van der Waals surface area contributed by atoms with E-state index in [-0.39, 0.29) is 23.7 Å². The maximum atomic E-state index is 11.7. The summed E-state index contributed by atoms with van der Waals surface area (Å²) in [5.74, 6) is 1.69. The van der Waals surface area contributed by atoms with Crippen LogP contribution in [0.25, 0.3) is 0 Å². The van der Waals surface area contributed by atoms with Gasteiger partial charge in [0.2, 0.25) is 0 Å². The summed E-state index contributed by atoms with van der Waals surface area (Å²) in [5.41, 5.74) is 6.74. The molecule has 1 fully saturated rings. The summed E-state index contributed by atoms with van der Waals surface area (Å²) < 4.78 is 10.7. The van der Waals surface area contributed by atoms with Crippen molar-refractivity contribution in [1.29, 1.82) is 0 Å². The average molecular weight is 450 g/mol. The van der Waals surface area contributed by atoms with Crippen LogP contribution < -0.4 is 15.8 Å². The number of hydrogen-bond acceptors (Lipinski definition) is 6. The number of nitrogens with two attached hydrogens (primary N) is 1. The third kappa shape index (κ3) is 7.89. The van der Waals surface area contributed by atoms with E-state index in [9.17, 15) is 15.0 Å². The molecule has 1 aromatic rings. The topological polar surface area (TPSA) is 126 Å². The summed E-state index contributed by atoms with van der Waals surface area (Å²) in [4.78, 5) is 15.6. The minimum absolute atomic E-state index is 0.0887. The van der Waals surface area contributed by atoms with Gasteiger partial charge in [-0.3, -0.25) is 9.79 Å². The Morgan fingerprint density at radius 1 is 1.38 bits per heavy atom. The van der Waals surface area contributed by atoms with Crippen molar-refractivity contribution in [2.75, 3.05) is 20.7 Å². The summed E-state index contributed by atoms with van der Waals surface area (Å²) in [5, 5.41) is 23.9. The van der Waals surface area contributed by atoms with E-state index in [1.165, 1.54) is 14.0 Å². The van der Waals surface area contributed by atoms with Gasteiger partial charge in [0.05, 0.1) is 13.2 Å². The predicted molar refractivity (Wildman–Crippen MR) is 125 cm³/mol. The number of nitrogens with zero attached hydrogens (tertiary/aromatic N) is 1. The summed E-state index contributed by atoms with van der Waals surface area (Å²) in [6.45, 7) is 4.37. The van der Waals surface area contributed by atoms with Gasteiger partial charge in [-0.2, -0.15) is 0 Å². The number of hydrogen-bond donors (Lipinski definition) is 4. The fourth-order valence-corrected chi connectivity index (χ4v) is 4.53. The van der Waals surface area contributed by atoms with Crippen LogP contribution in [0.15, 0.2) is 23.2 Å². The fraction of sp³-hybridized carbons (Fsp3) is 0.667. The lowest BCUT2D eigenvalue weighted by Crippen LogP contribution is -2.41. The number of rotatable bonds is 10. The van der Waals surface area contributed by atoms with Gasteiger partial charge in [0.15, 0.2) is 17.5 Å². The first kappa shape index (κ1) is 25.8. The van der Waals surface area contributed by atoms with E-state index >= 15 is 0 Å². The zero-order chi connectivity index (χ0) is 23.7. The Balaban J connectivity index is 1.96. The molecule has 0 aliphatic heterocycles. The molecule has 0 unspecified atom stereocenters. The third-order valence-electron chi connectivity index (χ3n) is 6.57. The van der Waals surface area contributed by atoms with Gasteiger partial charge in [-0.25, -0.2) is 0 Å². The second kappa shape index (κ2) is 12.5. The second-order valence-corrected chi connectivity index (χ2v) is 8.88. The molecule has 0 spiro atoms. The minimum atomic E-state index is -0.541. The molecule has 1 aliphatic rings. The first-order chi connectivity index (χ1) is 15.2. The SMILES string of the molecule is CN=C(N)NC[C@@H]1C[C@H]([C@H](O)C[C@@H](CCc2ccc(O)c(OC)c2)OC(C)=O)CC[C@H]1C. The van der Waals surface area contributed by atoms with Crippen LogP contribution in [0.1, 0.15) is 51.5 Å². The Bertz CT molecular complexity index is 770. The Morgan fingerprint density at radius 2 is 2.12 bits per heavy atom. The Kier molecular flexibility index (Phi) is 10.1. The van der Waals surface area contributed by atoms with Gasteiger partial charge in [0.1, 0.15) is 6.10 Å². The summed E-state index contributed by atoms with van der Waals surface area (Å²) in [7, 11) is 3.16. The number of guanidine groups is 1. The second-order valence-electron chi connectivity index (χ2n) is 8.88. The van der Waals surface area contributed by atoms with Crippen molar-refractivity contribution in [3.8, 4) is 11.5 Å². The van der Waals surface area contributed by atoms with Gasteiger partial charge in [-0.1, -0.05) is 19.4 Å². The molecule has 5 atom stereocenters. The molecule has 1 aromatic carbocycles. The molecule has 1 saturated carbocycles. The van der Waals surface area contributed by atoms with Crippen molar-refractivity contribution in [3.63, 3.8) is 0 Å². The molecular formula is C24H39N3O5. The zero-order valence-corrected chi connectivity index (χ0v) is 19.7. The molecule has 1 aliphatic carbocycles. The fourth-order valence-electron chi connectivity index (χ4n) is 4.53. The van der Waals surface area contributed by atoms with Crippen LogP contribution in [0.3, 0.4) is 0 Å². The molecular weight excluding hydrogens is 410 g/mol. The van der Waals surface area contributed by atoms with Crippen LogP contribution in [-0.4, -0.2) is 55.1 Å². The Hall–Kier alpha value is -2.48. The third-order valence-corrected chi connectivity index (χ3v) is 6.57. The van der Waals surface area contributed by atoms with E-state index in [1.54, 1.807) is 19.2 Å². The predicted octanol–water partition coefficient (Wildman–Crippen LogP) is 2.60. The van der Waals surface area contributed by atoms with Crippen LogP contribution in [0.4, 0.5) is 0 Å². The molecule has 0 saturated heterocycles. The monoisotopic (exact) mass is 449 g/mol. The number of carbonyl (C=O) groups is 1. The van der Waals surface area contributed by atoms with Crippen molar-refractivity contribution in [2.45, 2.75) is 64.6 Å². The van der Waals surface area contributed by atoms with Crippen molar-refractivity contribution in [3.05, 3.63) is 23.8 Å². The highest BCUT2D eigenvalue weighted by Crippen LogP contribution is 2.36. The number of aliphatic hydroxyl groups excluding tert-OH is 1. The van der Waals surface area contributed by atoms with Gasteiger partial charge in [-0.05, 0) is 61.1 Å². The molecule has 32 heavy (non-hydrogen) atoms. The van der Waals surface area contributed by atoms with Crippen LogP contribution in [0.2, 0.25) is 0 Å². The number of aromatic hydroxyl groups is 1. The number of benzene rings is 1. The van der Waals surface area contributed by atoms with E-state index in [0.717, 1.165) is 31.4 Å². The van der Waals surface area contributed by atoms with Gasteiger partial charge in [-0.15, -0.1) is 0 Å². The average Bonchev–Trinajstić information content (AvgIpc) is 2.76. The normalized spacial score (nSPS) is 23.3. The molecule has 8 nitrogen and oxygen atoms in total. The zero-order valence-electron chi connectivity index (χ0n) is 19.7. The van der Waals surface area contributed by atoms with E-state index in [2.05, 4.69) is 17.2 Å². The molecule has 0 amide bonds. The molecule has 5 N–H and O–H groups in total. The molecule has 2 rings (SSSR count). The van der Waals surface area contributed by atoms with Crippen molar-refractivity contribution < 1.29 is 24.5 Å². The summed E-state index contributed by atoms with van der Waals surface area (Å²) in [6.07, 6.45) is 3.62. The number of phenolic OH excluding ortho intramolecular Hbond substituents is 1. The molecule has 180 valence electrons. The number of aryl methyl sites for hydroxylation is 1. The maximum Gasteiger partial charge on any atom is 0.302 e. The maximum absolute atomic E-state index is 11.7. The van der Waals surface area contributed by atoms with Crippen molar-refractivity contribution >= 4 is 11.9 Å². The number of carbonyl (C=O) groups excluding carboxylic acids is 1. The standard InChI is InChI=1S/C24H39N3O5/c1-15-5-8-18(12-19(15)14-27-24(25)26-3)22(30)13-20(32-16(2)28)9-6-17-7-10-21(29)23(11-17)31-4/h7,10-11,15,18-20,22,29-30H,5-6,8-9,12-14H2,1-4H3,(H3,25,26,27)/t15-,18-,19+,20-,22-/m1/s1. The lowest BCUT2D eigenvalue weighted by molar-refractivity contribution is -0.148. The summed E-state index contributed by atoms with van der Waals surface area (Å²) >= 11 is 0. The van der Waals surface area contributed by atoms with Crippen LogP contribution in [0.5, 0.6) is 11.5 Å². The lowest BCUT2D eigenvalue weighted by atomic mass is 9.72. The van der Waals surface area contributed by atoms with Crippen molar-refractivity contribution in [2.24, 2.45) is 28.5 Å². The highest BCUT2D eigenvalue weighted by Gasteiger charge is 2.33. The van der Waals surface area contributed by atoms with E-state index < -0.39 is 6.10 Å². The Labute approximate surface area is 191 Å². The van der Waals surface area contributed by atoms with Crippen LogP contribution >= 0.6 is 0 Å². The van der Waals surface area contributed by atoms with E-state index in [0.29, 0.717) is 42.8 Å². The van der Waals surface area contributed by atoms with Gasteiger partial charge in [0, 0.05) is 26.9 Å². The number of aliphatic imine (C=N–C) groups is 1. The smallest absolute Gasteiger partial charge is 0.302 e. The van der Waals surface area contributed by atoms with Gasteiger partial charge >= 0.3 is 5.97 Å². The Morgan fingerprint density at radius 3 is 2.78 bits per heavy atom. The van der Waals surface area contributed by atoms with E-state index in [4.69, 9.17) is 15.2 Å². The van der Waals surface area contributed by atoms with E-state index in [1.807, 2.05) is 6.07 Å². The molecule has 0 bridgehead atoms. The number of nitrogens with one attached hydrogen (secondary N) is 1. The highest BCUT2D eigenvalue weighted by molar-refractivity contribution is 5.77. The molecule has 0 heterocycles. The number of ether oxygens (including phenoxy) is 2. The molecule has 8 heteroatoms. The van der Waals surface area contributed by atoms with Crippen LogP contribution in [0, 0.1) is 17.8 Å². The van der Waals surface area contributed by atoms with Crippen molar-refractivity contribution in [1.82, 2.24) is 5.32 Å². The number of phenols is 1. The number of esters is 1. The number of methoxy groups -OCH3 is 1. The highest BCUT2D eigenvalue weighted by atomic mass is 16.5. The number of aliphatic hydroxyl groups is 1. The molecule has 0 radical (unpaired) electrons.